The van der Waals surface area contributed by atoms with Crippen LogP contribution in [0.25, 0.3) is 10.9 Å². The molecule has 3 heteroatoms. The number of ether oxygens (including phenoxy) is 1. The van der Waals surface area contributed by atoms with Crippen molar-refractivity contribution in [2.24, 2.45) is 0 Å². The van der Waals surface area contributed by atoms with Gasteiger partial charge in [-0.25, -0.2) is 4.79 Å². The summed E-state index contributed by atoms with van der Waals surface area (Å²) < 4.78 is 4.93. The van der Waals surface area contributed by atoms with Gasteiger partial charge in [-0.1, -0.05) is 18.7 Å². The number of rotatable bonds is 3. The van der Waals surface area contributed by atoms with Crippen LogP contribution in [0.3, 0.4) is 0 Å². The van der Waals surface area contributed by atoms with E-state index in [-0.39, 0.29) is 12.6 Å². The van der Waals surface area contributed by atoms with E-state index in [1.54, 1.807) is 18.2 Å². The molecule has 0 aliphatic carbocycles. The second kappa shape index (κ2) is 4.00. The van der Waals surface area contributed by atoms with Gasteiger partial charge in [-0.05, 0) is 23.6 Å². The molecule has 0 spiro atoms. The molecule has 1 N–H and O–H groups in total. The van der Waals surface area contributed by atoms with Gasteiger partial charge in [0.15, 0.2) is 0 Å². The van der Waals surface area contributed by atoms with Crippen LogP contribution < -0.4 is 0 Å². The molecule has 3 nitrogen and oxygen atoms in total. The van der Waals surface area contributed by atoms with Crippen LogP contribution in [0.2, 0.25) is 0 Å². The molecule has 1 aromatic heterocycles. The maximum Gasteiger partial charge on any atom is 0.338 e. The first-order valence-electron chi connectivity index (χ1n) is 4.66. The van der Waals surface area contributed by atoms with E-state index in [0.717, 1.165) is 10.9 Å². The molecule has 0 saturated heterocycles. The Morgan fingerprint density at radius 3 is 3.13 bits per heavy atom. The Bertz CT molecular complexity index is 499. The summed E-state index contributed by atoms with van der Waals surface area (Å²) in [5, 5.41) is 1.08. The summed E-state index contributed by atoms with van der Waals surface area (Å²) in [7, 11) is 0. The Kier molecular flexibility index (Phi) is 2.54. The third-order valence-corrected chi connectivity index (χ3v) is 2.12. The van der Waals surface area contributed by atoms with Gasteiger partial charge in [0.1, 0.15) is 6.61 Å². The summed E-state index contributed by atoms with van der Waals surface area (Å²) >= 11 is 0. The predicted octanol–water partition coefficient (Wildman–Crippen LogP) is 2.51. The van der Waals surface area contributed by atoms with Crippen molar-refractivity contribution in [3.8, 4) is 0 Å². The SMILES string of the molecule is C=CCOC(=O)c1ccc2cc[nH]c2c1. The zero-order chi connectivity index (χ0) is 10.7. The van der Waals surface area contributed by atoms with Crippen LogP contribution in [-0.4, -0.2) is 17.6 Å². The third kappa shape index (κ3) is 1.91. The van der Waals surface area contributed by atoms with Crippen LogP contribution >= 0.6 is 0 Å². The number of carbonyl (C=O) groups excluding carboxylic acids is 1. The summed E-state index contributed by atoms with van der Waals surface area (Å²) in [5.74, 6) is -0.327. The molecule has 0 bridgehead atoms. The van der Waals surface area contributed by atoms with Gasteiger partial charge in [-0.3, -0.25) is 0 Å². The fraction of sp³-hybridized carbons (Fsp3) is 0.0833. The Labute approximate surface area is 87.4 Å². The average Bonchev–Trinajstić information content (AvgIpc) is 2.72. The molecule has 0 fully saturated rings. The lowest BCUT2D eigenvalue weighted by Gasteiger charge is -2.01. The Hall–Kier alpha value is -2.03. The van der Waals surface area contributed by atoms with Gasteiger partial charge in [0.05, 0.1) is 5.56 Å². The fourth-order valence-electron chi connectivity index (χ4n) is 1.39. The van der Waals surface area contributed by atoms with Crippen LogP contribution in [0, 0.1) is 0 Å². The lowest BCUT2D eigenvalue weighted by Crippen LogP contribution is -2.04. The maximum absolute atomic E-state index is 11.5. The van der Waals surface area contributed by atoms with Crippen molar-refractivity contribution in [2.75, 3.05) is 6.61 Å². The van der Waals surface area contributed by atoms with Gasteiger partial charge in [0.25, 0.3) is 0 Å². The molecule has 76 valence electrons. The molecule has 1 heterocycles. The zero-order valence-electron chi connectivity index (χ0n) is 8.19. The normalized spacial score (nSPS) is 10.1. The fourth-order valence-corrected chi connectivity index (χ4v) is 1.39. The number of fused-ring (bicyclic) bond motifs is 1. The molecule has 0 saturated carbocycles. The van der Waals surface area contributed by atoms with Gasteiger partial charge in [-0.2, -0.15) is 0 Å². The Morgan fingerprint density at radius 1 is 1.47 bits per heavy atom. The highest BCUT2D eigenvalue weighted by Gasteiger charge is 2.06. The number of benzene rings is 1. The van der Waals surface area contributed by atoms with Crippen LogP contribution in [0.15, 0.2) is 43.1 Å². The topological polar surface area (TPSA) is 42.1 Å². The van der Waals surface area contributed by atoms with Gasteiger partial charge >= 0.3 is 5.97 Å². The van der Waals surface area contributed by atoms with E-state index in [0.29, 0.717) is 5.56 Å². The zero-order valence-corrected chi connectivity index (χ0v) is 8.19. The molecule has 1 aromatic carbocycles. The molecular formula is C12H11NO2. The minimum Gasteiger partial charge on any atom is -0.458 e. The van der Waals surface area contributed by atoms with Gasteiger partial charge in [0.2, 0.25) is 0 Å². The number of aromatic nitrogens is 1. The summed E-state index contributed by atoms with van der Waals surface area (Å²) in [6, 6.07) is 7.37. The number of carbonyl (C=O) groups is 1. The van der Waals surface area contributed by atoms with E-state index in [1.807, 2.05) is 18.3 Å². The first kappa shape index (κ1) is 9.52. The van der Waals surface area contributed by atoms with Crippen LogP contribution in [0.1, 0.15) is 10.4 Å². The van der Waals surface area contributed by atoms with Crippen molar-refractivity contribution in [1.82, 2.24) is 4.98 Å². The van der Waals surface area contributed by atoms with Crippen molar-refractivity contribution in [3.63, 3.8) is 0 Å². The van der Waals surface area contributed by atoms with Crippen LogP contribution in [-0.2, 0) is 4.74 Å². The van der Waals surface area contributed by atoms with Crippen LogP contribution in [0.5, 0.6) is 0 Å². The molecule has 0 aliphatic rings. The molecule has 0 radical (unpaired) electrons. The van der Waals surface area contributed by atoms with Crippen molar-refractivity contribution < 1.29 is 9.53 Å². The van der Waals surface area contributed by atoms with E-state index >= 15 is 0 Å². The summed E-state index contributed by atoms with van der Waals surface area (Å²) in [6.07, 6.45) is 3.38. The van der Waals surface area contributed by atoms with Gasteiger partial charge in [-0.15, -0.1) is 0 Å². The molecule has 2 aromatic rings. The average molecular weight is 201 g/mol. The monoisotopic (exact) mass is 201 g/mol. The second-order valence-corrected chi connectivity index (χ2v) is 3.17. The summed E-state index contributed by atoms with van der Waals surface area (Å²) in [4.78, 5) is 14.5. The van der Waals surface area contributed by atoms with Crippen molar-refractivity contribution >= 4 is 16.9 Å². The van der Waals surface area contributed by atoms with Crippen molar-refractivity contribution in [1.29, 1.82) is 0 Å². The predicted molar refractivity (Wildman–Crippen MR) is 58.8 cm³/mol. The molecule has 0 aliphatic heterocycles. The quantitative estimate of drug-likeness (QED) is 0.612. The lowest BCUT2D eigenvalue weighted by atomic mass is 10.2. The summed E-state index contributed by atoms with van der Waals surface area (Å²) in [6.45, 7) is 3.72. The van der Waals surface area contributed by atoms with Crippen molar-refractivity contribution in [3.05, 3.63) is 48.7 Å². The highest BCUT2D eigenvalue weighted by atomic mass is 16.5. The molecule has 0 amide bonds. The molecule has 2 rings (SSSR count). The van der Waals surface area contributed by atoms with E-state index in [9.17, 15) is 4.79 Å². The number of aromatic amines is 1. The number of H-pyrrole nitrogens is 1. The highest BCUT2D eigenvalue weighted by Crippen LogP contribution is 2.14. The smallest absolute Gasteiger partial charge is 0.338 e. The maximum atomic E-state index is 11.5. The number of nitrogens with one attached hydrogen (secondary N) is 1. The lowest BCUT2D eigenvalue weighted by molar-refractivity contribution is 0.0550. The summed E-state index contributed by atoms with van der Waals surface area (Å²) in [5.41, 5.74) is 1.48. The van der Waals surface area contributed by atoms with E-state index in [4.69, 9.17) is 4.74 Å². The van der Waals surface area contributed by atoms with E-state index in [2.05, 4.69) is 11.6 Å². The first-order valence-corrected chi connectivity index (χ1v) is 4.66. The molecule has 15 heavy (non-hydrogen) atoms. The standard InChI is InChI=1S/C12H11NO2/c1-2-7-15-12(14)10-4-3-9-5-6-13-11(9)8-10/h2-6,8,13H,1,7H2. The van der Waals surface area contributed by atoms with Gasteiger partial charge in [0, 0.05) is 11.7 Å². The van der Waals surface area contributed by atoms with E-state index < -0.39 is 0 Å². The second-order valence-electron chi connectivity index (χ2n) is 3.17. The Morgan fingerprint density at radius 2 is 2.33 bits per heavy atom. The number of hydrogen-bond acceptors (Lipinski definition) is 2. The number of esters is 1. The van der Waals surface area contributed by atoms with Crippen LogP contribution in [0.4, 0.5) is 0 Å². The molecule has 0 unspecified atom stereocenters. The van der Waals surface area contributed by atoms with Gasteiger partial charge < -0.3 is 9.72 Å². The first-order chi connectivity index (χ1) is 7.31. The van der Waals surface area contributed by atoms with Crippen molar-refractivity contribution in [2.45, 2.75) is 0 Å². The molecular weight excluding hydrogens is 190 g/mol. The minimum atomic E-state index is -0.327. The third-order valence-electron chi connectivity index (χ3n) is 2.12. The number of hydrogen-bond donors (Lipinski definition) is 1. The Balaban J connectivity index is 2.27. The highest BCUT2D eigenvalue weighted by molar-refractivity contribution is 5.94. The minimum absolute atomic E-state index is 0.238. The largest absolute Gasteiger partial charge is 0.458 e. The van der Waals surface area contributed by atoms with E-state index in [1.165, 1.54) is 0 Å². The molecule has 0 atom stereocenters.